The fourth-order valence-electron chi connectivity index (χ4n) is 4.07. The van der Waals surface area contributed by atoms with E-state index in [9.17, 15) is 9.59 Å². The molecule has 1 aromatic rings. The standard InChI is InChI=1S/C16H23N3O3S/c1-9-13(21)17-14(19-18-9)23-8-12(20)22-11-7-10-5-6-16(11,4)15(10,2)3/h10-11H,5-8H2,1-4H3,(H,17,19,21). The Bertz CT molecular complexity index is 687. The van der Waals surface area contributed by atoms with E-state index < -0.39 is 0 Å². The molecular formula is C16H23N3O3S. The number of aromatic amines is 1. The molecule has 2 fully saturated rings. The number of ether oxygens (including phenoxy) is 1. The monoisotopic (exact) mass is 337 g/mol. The molecule has 23 heavy (non-hydrogen) atoms. The van der Waals surface area contributed by atoms with Gasteiger partial charge in [0.2, 0.25) is 0 Å². The molecule has 6 nitrogen and oxygen atoms in total. The number of thioether (sulfide) groups is 1. The highest BCUT2D eigenvalue weighted by atomic mass is 32.2. The average Bonchev–Trinajstić information content (AvgIpc) is 2.82. The Morgan fingerprint density at radius 1 is 1.39 bits per heavy atom. The second-order valence-corrected chi connectivity index (χ2v) is 8.39. The molecule has 2 aliphatic rings. The number of carbonyl (C=O) groups is 1. The molecule has 2 bridgehead atoms. The number of H-pyrrole nitrogens is 1. The average molecular weight is 337 g/mol. The number of esters is 1. The van der Waals surface area contributed by atoms with Crippen LogP contribution in [0.5, 0.6) is 0 Å². The molecule has 7 heteroatoms. The maximum absolute atomic E-state index is 12.2. The predicted octanol–water partition coefficient (Wildman–Crippen LogP) is 2.32. The number of fused-ring (bicyclic) bond motifs is 2. The van der Waals surface area contributed by atoms with Crippen molar-refractivity contribution in [2.24, 2.45) is 16.7 Å². The molecule has 2 saturated carbocycles. The van der Waals surface area contributed by atoms with Gasteiger partial charge in [0, 0.05) is 5.41 Å². The van der Waals surface area contributed by atoms with Crippen molar-refractivity contribution in [2.75, 3.05) is 5.75 Å². The number of aromatic nitrogens is 3. The first-order valence-corrected chi connectivity index (χ1v) is 8.98. The Labute approximate surface area is 139 Å². The summed E-state index contributed by atoms with van der Waals surface area (Å²) < 4.78 is 5.76. The van der Waals surface area contributed by atoms with Gasteiger partial charge in [0.15, 0.2) is 5.16 Å². The summed E-state index contributed by atoms with van der Waals surface area (Å²) in [5.74, 6) is 0.510. The highest BCUT2D eigenvalue weighted by Crippen LogP contribution is 2.66. The molecule has 126 valence electrons. The Kier molecular flexibility index (Phi) is 4.02. The number of hydrogen-bond donors (Lipinski definition) is 1. The van der Waals surface area contributed by atoms with E-state index in [1.165, 1.54) is 6.42 Å². The summed E-state index contributed by atoms with van der Waals surface area (Å²) in [7, 11) is 0. The Balaban J connectivity index is 1.58. The van der Waals surface area contributed by atoms with Crippen molar-refractivity contribution in [3.63, 3.8) is 0 Å². The number of carbonyl (C=O) groups excluding carboxylic acids is 1. The van der Waals surface area contributed by atoms with Crippen LogP contribution >= 0.6 is 11.8 Å². The zero-order chi connectivity index (χ0) is 16.8. The van der Waals surface area contributed by atoms with E-state index in [1.54, 1.807) is 6.92 Å². The van der Waals surface area contributed by atoms with Crippen LogP contribution in [0.1, 0.15) is 45.7 Å². The van der Waals surface area contributed by atoms with Crippen molar-refractivity contribution in [3.05, 3.63) is 16.0 Å². The van der Waals surface area contributed by atoms with Crippen LogP contribution in [-0.4, -0.2) is 33.0 Å². The van der Waals surface area contributed by atoms with Gasteiger partial charge in [-0.1, -0.05) is 32.5 Å². The van der Waals surface area contributed by atoms with Crippen LogP contribution in [-0.2, 0) is 9.53 Å². The van der Waals surface area contributed by atoms with E-state index in [0.29, 0.717) is 16.8 Å². The maximum atomic E-state index is 12.2. The smallest absolute Gasteiger partial charge is 0.316 e. The van der Waals surface area contributed by atoms with Crippen molar-refractivity contribution < 1.29 is 9.53 Å². The molecule has 0 aliphatic heterocycles. The van der Waals surface area contributed by atoms with Crippen LogP contribution in [0.25, 0.3) is 0 Å². The molecule has 1 heterocycles. The first-order valence-electron chi connectivity index (χ1n) is 8.00. The van der Waals surface area contributed by atoms with Gasteiger partial charge in [0.05, 0.1) is 5.75 Å². The second kappa shape index (κ2) is 5.61. The first kappa shape index (κ1) is 16.5. The zero-order valence-electron chi connectivity index (χ0n) is 14.0. The summed E-state index contributed by atoms with van der Waals surface area (Å²) in [5, 5.41) is 7.97. The van der Waals surface area contributed by atoms with Gasteiger partial charge in [0.25, 0.3) is 5.56 Å². The number of rotatable bonds is 4. The summed E-state index contributed by atoms with van der Waals surface area (Å²) in [4.78, 5) is 26.2. The Morgan fingerprint density at radius 2 is 2.13 bits per heavy atom. The van der Waals surface area contributed by atoms with Gasteiger partial charge in [-0.2, -0.15) is 0 Å². The zero-order valence-corrected chi connectivity index (χ0v) is 14.8. The van der Waals surface area contributed by atoms with Crippen LogP contribution in [0.15, 0.2) is 9.95 Å². The third-order valence-electron chi connectivity index (χ3n) is 6.15. The molecule has 3 unspecified atom stereocenters. The lowest BCUT2D eigenvalue weighted by molar-refractivity contribution is -0.153. The molecule has 1 N–H and O–H groups in total. The largest absolute Gasteiger partial charge is 0.461 e. The minimum absolute atomic E-state index is 0.00694. The van der Waals surface area contributed by atoms with Gasteiger partial charge in [-0.15, -0.1) is 10.2 Å². The van der Waals surface area contributed by atoms with Crippen molar-refractivity contribution in [1.29, 1.82) is 0 Å². The van der Waals surface area contributed by atoms with Crippen LogP contribution in [0.4, 0.5) is 0 Å². The molecule has 0 radical (unpaired) electrons. The van der Waals surface area contributed by atoms with E-state index in [1.807, 2.05) is 0 Å². The van der Waals surface area contributed by atoms with Crippen LogP contribution in [0, 0.1) is 23.7 Å². The number of aryl methyl sites for hydroxylation is 1. The van der Waals surface area contributed by atoms with E-state index in [2.05, 4.69) is 36.0 Å². The summed E-state index contributed by atoms with van der Waals surface area (Å²) >= 11 is 1.15. The molecule has 0 aromatic carbocycles. The summed E-state index contributed by atoms with van der Waals surface area (Å²) in [5.41, 5.74) is 0.321. The number of nitrogens with one attached hydrogen (secondary N) is 1. The van der Waals surface area contributed by atoms with Crippen molar-refractivity contribution >= 4 is 17.7 Å². The SMILES string of the molecule is Cc1nnc(SCC(=O)OC2CC3CCC2(C)C3(C)C)[nH]c1=O. The maximum Gasteiger partial charge on any atom is 0.316 e. The topological polar surface area (TPSA) is 84.9 Å². The number of hydrogen-bond acceptors (Lipinski definition) is 6. The van der Waals surface area contributed by atoms with Crippen molar-refractivity contribution in [3.8, 4) is 0 Å². The Hall–Kier alpha value is -1.37. The lowest BCUT2D eigenvalue weighted by atomic mass is 9.70. The molecule has 1 aromatic heterocycles. The number of nitrogens with zero attached hydrogens (tertiary/aromatic N) is 2. The van der Waals surface area contributed by atoms with E-state index in [0.717, 1.165) is 24.6 Å². The normalized spacial score (nSPS) is 31.3. The molecular weight excluding hydrogens is 314 g/mol. The fourth-order valence-corrected chi connectivity index (χ4v) is 4.66. The highest BCUT2D eigenvalue weighted by Gasteiger charge is 2.62. The molecule has 3 rings (SSSR count). The molecule has 0 spiro atoms. The second-order valence-electron chi connectivity index (χ2n) is 7.42. The summed E-state index contributed by atoms with van der Waals surface area (Å²) in [6.45, 7) is 8.42. The summed E-state index contributed by atoms with van der Waals surface area (Å²) in [6, 6.07) is 0. The van der Waals surface area contributed by atoms with Gasteiger partial charge in [-0.05, 0) is 37.5 Å². The first-order chi connectivity index (χ1) is 10.7. The fraction of sp³-hybridized carbons (Fsp3) is 0.750. The van der Waals surface area contributed by atoms with Gasteiger partial charge < -0.3 is 4.74 Å². The van der Waals surface area contributed by atoms with Crippen molar-refractivity contribution in [1.82, 2.24) is 15.2 Å². The van der Waals surface area contributed by atoms with Gasteiger partial charge >= 0.3 is 5.97 Å². The quantitative estimate of drug-likeness (QED) is 0.670. The van der Waals surface area contributed by atoms with Crippen LogP contribution in [0.3, 0.4) is 0 Å². The molecule has 3 atom stereocenters. The third kappa shape index (κ3) is 2.69. The Morgan fingerprint density at radius 3 is 2.70 bits per heavy atom. The van der Waals surface area contributed by atoms with E-state index >= 15 is 0 Å². The van der Waals surface area contributed by atoms with Crippen LogP contribution < -0.4 is 5.56 Å². The van der Waals surface area contributed by atoms with E-state index in [-0.39, 0.29) is 34.2 Å². The van der Waals surface area contributed by atoms with Gasteiger partial charge in [-0.25, -0.2) is 0 Å². The van der Waals surface area contributed by atoms with Crippen molar-refractivity contribution in [2.45, 2.75) is 58.2 Å². The highest BCUT2D eigenvalue weighted by molar-refractivity contribution is 7.99. The predicted molar refractivity (Wildman–Crippen MR) is 87.2 cm³/mol. The van der Waals surface area contributed by atoms with Gasteiger partial charge in [-0.3, -0.25) is 14.6 Å². The lowest BCUT2D eigenvalue weighted by Gasteiger charge is -2.38. The van der Waals surface area contributed by atoms with Crippen LogP contribution in [0.2, 0.25) is 0 Å². The lowest BCUT2D eigenvalue weighted by Crippen LogP contribution is -2.38. The third-order valence-corrected chi connectivity index (χ3v) is 6.99. The van der Waals surface area contributed by atoms with E-state index in [4.69, 9.17) is 4.74 Å². The summed E-state index contributed by atoms with van der Waals surface area (Å²) in [6.07, 6.45) is 3.30. The minimum Gasteiger partial charge on any atom is -0.461 e. The molecule has 2 aliphatic carbocycles. The van der Waals surface area contributed by atoms with Gasteiger partial charge in [0.1, 0.15) is 11.8 Å². The molecule has 0 saturated heterocycles. The molecule has 0 amide bonds. The minimum atomic E-state index is -0.279.